The van der Waals surface area contributed by atoms with Crippen LogP contribution in [0, 0.1) is 11.3 Å². The Kier molecular flexibility index (Phi) is 8.92. The molecule has 0 aromatic heterocycles. The van der Waals surface area contributed by atoms with Gasteiger partial charge in [0, 0.05) is 21.8 Å². The van der Waals surface area contributed by atoms with Crippen LogP contribution in [0.5, 0.6) is 5.75 Å². The highest BCUT2D eigenvalue weighted by atomic mass is 32.2. The summed E-state index contributed by atoms with van der Waals surface area (Å²) < 4.78 is 10.5. The normalized spacial score (nSPS) is 10.2. The van der Waals surface area contributed by atoms with Gasteiger partial charge in [0.05, 0.1) is 24.5 Å². The van der Waals surface area contributed by atoms with E-state index in [1.54, 1.807) is 37.3 Å². The lowest BCUT2D eigenvalue weighted by Crippen LogP contribution is -2.12. The summed E-state index contributed by atoms with van der Waals surface area (Å²) in [5.74, 6) is 0.146. The van der Waals surface area contributed by atoms with Gasteiger partial charge in [-0.3, -0.25) is 9.59 Å². The second-order valence-electron chi connectivity index (χ2n) is 6.94. The van der Waals surface area contributed by atoms with E-state index in [0.717, 1.165) is 9.79 Å². The van der Waals surface area contributed by atoms with Crippen molar-refractivity contribution in [3.05, 3.63) is 83.9 Å². The van der Waals surface area contributed by atoms with Crippen LogP contribution in [-0.4, -0.2) is 25.1 Å². The number of hydrogen-bond donors (Lipinski definition) is 1. The number of esters is 1. The van der Waals surface area contributed by atoms with Crippen LogP contribution in [0.15, 0.2) is 82.6 Å². The van der Waals surface area contributed by atoms with Crippen molar-refractivity contribution in [2.24, 2.45) is 0 Å². The van der Waals surface area contributed by atoms with Gasteiger partial charge in [0.1, 0.15) is 11.8 Å². The third kappa shape index (κ3) is 7.13. The molecule has 0 aliphatic heterocycles. The zero-order valence-electron chi connectivity index (χ0n) is 18.2. The van der Waals surface area contributed by atoms with E-state index in [1.807, 2.05) is 42.5 Å². The van der Waals surface area contributed by atoms with E-state index in [-0.39, 0.29) is 11.9 Å². The van der Waals surface area contributed by atoms with Crippen LogP contribution in [0.2, 0.25) is 0 Å². The van der Waals surface area contributed by atoms with Gasteiger partial charge in [-0.05, 0) is 61.9 Å². The van der Waals surface area contributed by atoms with Gasteiger partial charge >= 0.3 is 5.97 Å². The molecule has 0 radical (unpaired) electrons. The summed E-state index contributed by atoms with van der Waals surface area (Å²) in [5, 5.41) is 12.3. The first kappa shape index (κ1) is 23.9. The zero-order valence-corrected chi connectivity index (χ0v) is 19.1. The minimum atomic E-state index is -0.245. The molecule has 3 aromatic rings. The molecule has 1 amide bonds. The van der Waals surface area contributed by atoms with Gasteiger partial charge < -0.3 is 14.8 Å². The summed E-state index contributed by atoms with van der Waals surface area (Å²) in [6.07, 6.45) is 0.870. The Labute approximate surface area is 197 Å². The molecule has 0 unspecified atom stereocenters. The molecule has 6 nitrogen and oxygen atoms in total. The topological polar surface area (TPSA) is 88.4 Å². The van der Waals surface area contributed by atoms with Gasteiger partial charge in [-0.25, -0.2) is 0 Å². The molecule has 168 valence electrons. The Balaban J connectivity index is 1.59. The summed E-state index contributed by atoms with van der Waals surface area (Å²) in [6, 6.07) is 23.9. The molecule has 0 fully saturated rings. The Hall–Kier alpha value is -3.76. The first-order chi connectivity index (χ1) is 16.1. The maximum atomic E-state index is 12.8. The molecule has 0 saturated heterocycles. The van der Waals surface area contributed by atoms with Crippen LogP contribution in [0.4, 0.5) is 5.69 Å². The minimum Gasteiger partial charge on any atom is -0.494 e. The van der Waals surface area contributed by atoms with Crippen molar-refractivity contribution in [3.8, 4) is 11.8 Å². The molecule has 0 aliphatic carbocycles. The summed E-state index contributed by atoms with van der Waals surface area (Å²) >= 11 is 1.43. The Morgan fingerprint density at radius 3 is 2.39 bits per heavy atom. The Morgan fingerprint density at radius 2 is 1.67 bits per heavy atom. The first-order valence-corrected chi connectivity index (χ1v) is 11.4. The van der Waals surface area contributed by atoms with Crippen molar-refractivity contribution in [2.75, 3.05) is 18.5 Å². The van der Waals surface area contributed by atoms with Gasteiger partial charge in [-0.1, -0.05) is 36.0 Å². The van der Waals surface area contributed by atoms with Crippen LogP contribution < -0.4 is 10.1 Å². The fourth-order valence-electron chi connectivity index (χ4n) is 2.96. The lowest BCUT2D eigenvalue weighted by Gasteiger charge is -2.12. The summed E-state index contributed by atoms with van der Waals surface area (Å²) in [6.45, 7) is 2.54. The quantitative estimate of drug-likeness (QED) is 0.309. The second-order valence-corrected chi connectivity index (χ2v) is 8.03. The number of amides is 1. The Morgan fingerprint density at radius 1 is 0.970 bits per heavy atom. The van der Waals surface area contributed by atoms with Gasteiger partial charge in [-0.2, -0.15) is 5.26 Å². The zero-order chi connectivity index (χ0) is 23.5. The summed E-state index contributed by atoms with van der Waals surface area (Å²) in [5.41, 5.74) is 1.74. The summed E-state index contributed by atoms with van der Waals surface area (Å²) in [7, 11) is 0. The third-order valence-corrected chi connectivity index (χ3v) is 5.73. The van der Waals surface area contributed by atoms with Crippen molar-refractivity contribution in [1.82, 2.24) is 0 Å². The molecule has 33 heavy (non-hydrogen) atoms. The van der Waals surface area contributed by atoms with Crippen molar-refractivity contribution >= 4 is 29.3 Å². The highest BCUT2D eigenvalue weighted by Gasteiger charge is 2.12. The molecule has 3 aromatic carbocycles. The van der Waals surface area contributed by atoms with E-state index in [1.165, 1.54) is 11.8 Å². The van der Waals surface area contributed by atoms with Crippen LogP contribution in [-0.2, 0) is 9.53 Å². The Bertz CT molecular complexity index is 1140. The van der Waals surface area contributed by atoms with Crippen LogP contribution in [0.1, 0.15) is 35.7 Å². The smallest absolute Gasteiger partial charge is 0.305 e. The number of anilines is 1. The van der Waals surface area contributed by atoms with Crippen molar-refractivity contribution in [2.45, 2.75) is 29.6 Å². The standard InChI is InChI=1S/C26H24N2O4S/c1-2-31-25(29)12-7-17-32-21-15-13-19(14-16-21)26(30)28-22-9-4-6-11-24(22)33-23-10-5-3-8-20(23)18-27/h3-6,8-11,13-16H,2,7,12,17H2,1H3,(H,28,30). The maximum Gasteiger partial charge on any atom is 0.305 e. The van der Waals surface area contributed by atoms with E-state index in [9.17, 15) is 14.9 Å². The van der Waals surface area contributed by atoms with Crippen LogP contribution in [0.25, 0.3) is 0 Å². The molecule has 0 spiro atoms. The molecular formula is C26H24N2O4S. The van der Waals surface area contributed by atoms with Gasteiger partial charge in [-0.15, -0.1) is 0 Å². The molecule has 1 N–H and O–H groups in total. The number of rotatable bonds is 10. The number of nitriles is 1. The van der Waals surface area contributed by atoms with Crippen molar-refractivity contribution < 1.29 is 19.1 Å². The molecule has 0 atom stereocenters. The lowest BCUT2D eigenvalue weighted by atomic mass is 10.2. The predicted molar refractivity (Wildman–Crippen MR) is 127 cm³/mol. The highest BCUT2D eigenvalue weighted by Crippen LogP contribution is 2.35. The molecule has 0 saturated carbocycles. The van der Waals surface area contributed by atoms with Crippen molar-refractivity contribution in [3.63, 3.8) is 0 Å². The van der Waals surface area contributed by atoms with Gasteiger partial charge in [0.2, 0.25) is 0 Å². The van der Waals surface area contributed by atoms with Gasteiger partial charge in [0.25, 0.3) is 5.91 Å². The number of hydrogen-bond acceptors (Lipinski definition) is 6. The fraction of sp³-hybridized carbons (Fsp3) is 0.192. The largest absolute Gasteiger partial charge is 0.494 e. The number of benzene rings is 3. The molecule has 0 heterocycles. The van der Waals surface area contributed by atoms with E-state index < -0.39 is 0 Å². The third-order valence-electron chi connectivity index (χ3n) is 4.58. The average molecular weight is 461 g/mol. The van der Waals surface area contributed by atoms with E-state index in [4.69, 9.17) is 9.47 Å². The lowest BCUT2D eigenvalue weighted by molar-refractivity contribution is -0.143. The second kappa shape index (κ2) is 12.3. The van der Waals surface area contributed by atoms with Crippen LogP contribution in [0.3, 0.4) is 0 Å². The monoisotopic (exact) mass is 460 g/mol. The average Bonchev–Trinajstić information content (AvgIpc) is 2.84. The summed E-state index contributed by atoms with van der Waals surface area (Å²) in [4.78, 5) is 25.8. The maximum absolute atomic E-state index is 12.8. The molecule has 7 heteroatoms. The number of ether oxygens (including phenoxy) is 2. The van der Waals surface area contributed by atoms with Crippen LogP contribution >= 0.6 is 11.8 Å². The predicted octanol–water partition coefficient (Wildman–Crippen LogP) is 5.68. The van der Waals surface area contributed by atoms with E-state index >= 15 is 0 Å². The van der Waals surface area contributed by atoms with Crippen molar-refractivity contribution in [1.29, 1.82) is 5.26 Å². The molecule has 0 bridgehead atoms. The number of nitrogens with zero attached hydrogens (tertiary/aromatic N) is 1. The number of carbonyl (C=O) groups excluding carboxylic acids is 2. The molecular weight excluding hydrogens is 436 g/mol. The van der Waals surface area contributed by atoms with E-state index in [2.05, 4.69) is 11.4 Å². The highest BCUT2D eigenvalue weighted by molar-refractivity contribution is 7.99. The fourth-order valence-corrected chi connectivity index (χ4v) is 3.94. The van der Waals surface area contributed by atoms with Gasteiger partial charge in [0.15, 0.2) is 0 Å². The number of para-hydroxylation sites is 1. The SMILES string of the molecule is CCOC(=O)CCCOc1ccc(C(=O)Nc2ccccc2Sc2ccccc2C#N)cc1. The molecule has 0 aliphatic rings. The number of carbonyl (C=O) groups is 2. The minimum absolute atomic E-state index is 0.234. The van der Waals surface area contributed by atoms with E-state index in [0.29, 0.717) is 48.6 Å². The number of nitrogens with one attached hydrogen (secondary N) is 1. The first-order valence-electron chi connectivity index (χ1n) is 10.6. The molecule has 3 rings (SSSR count).